The van der Waals surface area contributed by atoms with Gasteiger partial charge in [0.1, 0.15) is 5.52 Å². The summed E-state index contributed by atoms with van der Waals surface area (Å²) < 4.78 is 6.88. The van der Waals surface area contributed by atoms with Crippen molar-refractivity contribution in [1.29, 1.82) is 0 Å². The molecule has 1 fully saturated rings. The van der Waals surface area contributed by atoms with E-state index in [9.17, 15) is 9.90 Å². The van der Waals surface area contributed by atoms with E-state index in [0.29, 0.717) is 48.9 Å². The van der Waals surface area contributed by atoms with E-state index < -0.39 is 6.10 Å². The average Bonchev–Trinajstić information content (AvgIpc) is 2.89. The lowest BCUT2D eigenvalue weighted by atomic mass is 10.1. The number of ether oxygens (including phenoxy) is 1. The molecular formula is C16H23N5O3. The largest absolute Gasteiger partial charge is 0.391 e. The minimum atomic E-state index is -0.449. The van der Waals surface area contributed by atoms with Crippen molar-refractivity contribution in [2.75, 3.05) is 32.5 Å². The summed E-state index contributed by atoms with van der Waals surface area (Å²) >= 11 is 0. The number of amides is 1. The molecule has 0 radical (unpaired) electrons. The highest BCUT2D eigenvalue weighted by Crippen LogP contribution is 2.19. The van der Waals surface area contributed by atoms with Gasteiger partial charge in [0.15, 0.2) is 5.65 Å². The van der Waals surface area contributed by atoms with E-state index >= 15 is 0 Å². The van der Waals surface area contributed by atoms with Gasteiger partial charge in [-0.2, -0.15) is 0 Å². The van der Waals surface area contributed by atoms with Crippen LogP contribution in [-0.4, -0.2) is 63.4 Å². The number of nitrogens with zero attached hydrogens (tertiary/aromatic N) is 4. The Kier molecular flexibility index (Phi) is 4.96. The number of imidazole rings is 1. The van der Waals surface area contributed by atoms with Gasteiger partial charge in [-0.05, 0) is 25.3 Å². The molecule has 0 aromatic carbocycles. The summed E-state index contributed by atoms with van der Waals surface area (Å²) in [7, 11) is 1.66. The number of methoxy groups -OCH3 is 1. The lowest BCUT2D eigenvalue weighted by Crippen LogP contribution is -2.42. The quantitative estimate of drug-likeness (QED) is 0.778. The highest BCUT2D eigenvalue weighted by atomic mass is 16.5. The van der Waals surface area contributed by atoms with E-state index in [1.165, 1.54) is 0 Å². The molecule has 0 saturated carbocycles. The minimum Gasteiger partial charge on any atom is -0.391 e. The number of aryl methyl sites for hydroxylation is 1. The number of anilines is 1. The van der Waals surface area contributed by atoms with Crippen molar-refractivity contribution >= 4 is 23.0 Å². The smallest absolute Gasteiger partial charge is 0.255 e. The van der Waals surface area contributed by atoms with Crippen molar-refractivity contribution in [3.63, 3.8) is 0 Å². The first-order valence-electron chi connectivity index (χ1n) is 8.18. The van der Waals surface area contributed by atoms with Crippen molar-refractivity contribution in [2.24, 2.45) is 0 Å². The number of carbonyl (C=O) groups is 1. The molecule has 0 bridgehead atoms. The number of aliphatic hydroxyl groups excluding tert-OH is 1. The molecule has 3 rings (SSSR count). The van der Waals surface area contributed by atoms with Crippen LogP contribution in [0.1, 0.15) is 29.6 Å². The number of nitrogens with two attached hydrogens (primary N) is 1. The molecule has 1 saturated heterocycles. The number of carbonyl (C=O) groups excluding carboxylic acids is 1. The molecule has 24 heavy (non-hydrogen) atoms. The third kappa shape index (κ3) is 3.34. The second kappa shape index (κ2) is 7.14. The monoisotopic (exact) mass is 333 g/mol. The maximum absolute atomic E-state index is 12.6. The molecule has 130 valence electrons. The number of aromatic nitrogens is 3. The van der Waals surface area contributed by atoms with Crippen LogP contribution in [0.2, 0.25) is 0 Å². The van der Waals surface area contributed by atoms with E-state index in [1.807, 2.05) is 4.57 Å². The van der Waals surface area contributed by atoms with Crippen LogP contribution in [0.3, 0.4) is 0 Å². The van der Waals surface area contributed by atoms with Crippen LogP contribution in [0.5, 0.6) is 0 Å². The molecule has 2 aromatic rings. The van der Waals surface area contributed by atoms with E-state index in [4.69, 9.17) is 10.5 Å². The summed E-state index contributed by atoms with van der Waals surface area (Å²) in [6.07, 6.45) is 3.46. The molecule has 0 spiro atoms. The Hall–Kier alpha value is -2.19. The Balaban J connectivity index is 1.82. The van der Waals surface area contributed by atoms with Crippen LogP contribution in [0, 0.1) is 0 Å². The Morgan fingerprint density at radius 2 is 2.38 bits per heavy atom. The van der Waals surface area contributed by atoms with E-state index in [2.05, 4.69) is 9.97 Å². The predicted molar refractivity (Wildman–Crippen MR) is 89.6 cm³/mol. The van der Waals surface area contributed by atoms with Crippen LogP contribution >= 0.6 is 0 Å². The van der Waals surface area contributed by atoms with Gasteiger partial charge in [-0.15, -0.1) is 0 Å². The van der Waals surface area contributed by atoms with Crippen LogP contribution in [-0.2, 0) is 11.3 Å². The van der Waals surface area contributed by atoms with Gasteiger partial charge in [-0.1, -0.05) is 0 Å². The van der Waals surface area contributed by atoms with Crippen molar-refractivity contribution in [3.8, 4) is 0 Å². The number of aliphatic hydroxyl groups is 1. The van der Waals surface area contributed by atoms with Crippen molar-refractivity contribution in [1.82, 2.24) is 19.4 Å². The number of nitrogen functional groups attached to an aromatic ring is 1. The van der Waals surface area contributed by atoms with Crippen LogP contribution < -0.4 is 5.73 Å². The molecule has 1 aliphatic heterocycles. The molecule has 1 aliphatic rings. The van der Waals surface area contributed by atoms with Crippen molar-refractivity contribution < 1.29 is 14.6 Å². The molecule has 0 aliphatic carbocycles. The van der Waals surface area contributed by atoms with Crippen LogP contribution in [0.15, 0.2) is 12.3 Å². The fraction of sp³-hybridized carbons (Fsp3) is 0.562. The molecule has 1 unspecified atom stereocenters. The van der Waals surface area contributed by atoms with E-state index in [0.717, 1.165) is 19.3 Å². The normalized spacial score (nSPS) is 18.2. The molecule has 2 aromatic heterocycles. The number of rotatable bonds is 5. The first-order valence-corrected chi connectivity index (χ1v) is 8.18. The number of β-amino-alcohol motifs (C(OH)–C–C–N with tert-alkyl or cyclic N) is 1. The number of pyridine rings is 1. The predicted octanol–water partition coefficient (Wildman–Crippen LogP) is 0.647. The van der Waals surface area contributed by atoms with Gasteiger partial charge in [0.05, 0.1) is 11.7 Å². The molecule has 8 heteroatoms. The van der Waals surface area contributed by atoms with E-state index in [1.54, 1.807) is 24.3 Å². The molecule has 3 heterocycles. The topological polar surface area (TPSA) is 106 Å². The van der Waals surface area contributed by atoms with Gasteiger partial charge in [0, 0.05) is 39.5 Å². The maximum Gasteiger partial charge on any atom is 0.255 e. The Bertz CT molecular complexity index is 730. The van der Waals surface area contributed by atoms with Crippen LogP contribution in [0.25, 0.3) is 11.2 Å². The fourth-order valence-corrected chi connectivity index (χ4v) is 3.05. The SMILES string of the molecule is COCCCn1c(N)nc2cc(C(=O)N3CCCC(O)C3)cnc21. The lowest BCUT2D eigenvalue weighted by Gasteiger charge is -2.30. The third-order valence-corrected chi connectivity index (χ3v) is 4.28. The molecule has 8 nitrogen and oxygen atoms in total. The minimum absolute atomic E-state index is 0.129. The number of fused-ring (bicyclic) bond motifs is 1. The summed E-state index contributed by atoms with van der Waals surface area (Å²) in [4.78, 5) is 22.9. The Labute approximate surface area is 140 Å². The average molecular weight is 333 g/mol. The Morgan fingerprint density at radius 1 is 1.54 bits per heavy atom. The highest BCUT2D eigenvalue weighted by molar-refractivity contribution is 5.96. The standard InChI is InChI=1S/C16H23N5O3/c1-24-7-3-6-21-14-13(19-16(21)17)8-11(9-18-14)15(23)20-5-2-4-12(22)10-20/h8-9,12,22H,2-7,10H2,1H3,(H2,17,19). The van der Waals surface area contributed by atoms with Crippen molar-refractivity contribution in [2.45, 2.75) is 31.9 Å². The van der Waals surface area contributed by atoms with Gasteiger partial charge < -0.3 is 20.5 Å². The van der Waals surface area contributed by atoms with E-state index in [-0.39, 0.29) is 5.91 Å². The molecule has 1 amide bonds. The summed E-state index contributed by atoms with van der Waals surface area (Å²) in [6, 6.07) is 1.72. The van der Waals surface area contributed by atoms with Gasteiger partial charge in [0.25, 0.3) is 5.91 Å². The summed E-state index contributed by atoms with van der Waals surface area (Å²) in [5.41, 5.74) is 7.71. The second-order valence-corrected chi connectivity index (χ2v) is 6.08. The summed E-state index contributed by atoms with van der Waals surface area (Å²) in [5, 5.41) is 9.74. The fourth-order valence-electron chi connectivity index (χ4n) is 3.05. The first kappa shape index (κ1) is 16.7. The first-order chi connectivity index (χ1) is 11.6. The second-order valence-electron chi connectivity index (χ2n) is 6.08. The van der Waals surface area contributed by atoms with Gasteiger partial charge >= 0.3 is 0 Å². The number of hydrogen-bond donors (Lipinski definition) is 2. The summed E-state index contributed by atoms with van der Waals surface area (Å²) in [6.45, 7) is 2.31. The van der Waals surface area contributed by atoms with Crippen molar-refractivity contribution in [3.05, 3.63) is 17.8 Å². The zero-order valence-corrected chi connectivity index (χ0v) is 13.8. The molecule has 3 N–H and O–H groups in total. The number of likely N-dealkylation sites (tertiary alicyclic amines) is 1. The van der Waals surface area contributed by atoms with Gasteiger partial charge in [-0.3, -0.25) is 9.36 Å². The van der Waals surface area contributed by atoms with Gasteiger partial charge in [0.2, 0.25) is 5.95 Å². The maximum atomic E-state index is 12.6. The van der Waals surface area contributed by atoms with Crippen LogP contribution in [0.4, 0.5) is 5.95 Å². The highest BCUT2D eigenvalue weighted by Gasteiger charge is 2.24. The lowest BCUT2D eigenvalue weighted by molar-refractivity contribution is 0.0473. The number of piperidine rings is 1. The molecular weight excluding hydrogens is 310 g/mol. The zero-order valence-electron chi connectivity index (χ0n) is 13.8. The number of hydrogen-bond acceptors (Lipinski definition) is 6. The molecule has 1 atom stereocenters. The van der Waals surface area contributed by atoms with Gasteiger partial charge in [-0.25, -0.2) is 9.97 Å². The zero-order chi connectivity index (χ0) is 17.1. The summed E-state index contributed by atoms with van der Waals surface area (Å²) in [5.74, 6) is 0.252. The Morgan fingerprint density at radius 3 is 3.12 bits per heavy atom. The third-order valence-electron chi connectivity index (χ3n) is 4.28.